The zero-order valence-electron chi connectivity index (χ0n) is 20.6. The standard InChI is InChI=1S/C26H26FN9O/c1-17-9-19(24-16-28-12-18(2)32-24)11-22(10-17)33-21-4-3-20(29-13-21)14-31-35-26-30-15-23(27)25(34-26)36-5-7-37-8-6-36/h3-4,9-13,15-16,33H,5-8,14H2,1-2H3. The number of anilines is 3. The van der Waals surface area contributed by atoms with Crippen molar-refractivity contribution in [1.29, 1.82) is 0 Å². The second-order valence-corrected chi connectivity index (χ2v) is 8.64. The predicted octanol–water partition coefficient (Wildman–Crippen LogP) is 4.95. The molecule has 37 heavy (non-hydrogen) atoms. The Morgan fingerprint density at radius 2 is 1.84 bits per heavy atom. The van der Waals surface area contributed by atoms with E-state index in [2.05, 4.69) is 52.6 Å². The molecule has 11 heteroatoms. The van der Waals surface area contributed by atoms with E-state index >= 15 is 0 Å². The Labute approximate surface area is 213 Å². The highest BCUT2D eigenvalue weighted by Crippen LogP contribution is 2.25. The minimum absolute atomic E-state index is 0.106. The summed E-state index contributed by atoms with van der Waals surface area (Å²) in [6.07, 6.45) is 6.36. The summed E-state index contributed by atoms with van der Waals surface area (Å²) >= 11 is 0. The summed E-state index contributed by atoms with van der Waals surface area (Å²) in [6, 6.07) is 9.97. The van der Waals surface area contributed by atoms with Gasteiger partial charge in [-0.15, -0.1) is 5.11 Å². The lowest BCUT2D eigenvalue weighted by Gasteiger charge is -2.27. The molecule has 1 N–H and O–H groups in total. The summed E-state index contributed by atoms with van der Waals surface area (Å²) in [6.45, 7) is 6.41. The van der Waals surface area contributed by atoms with E-state index in [-0.39, 0.29) is 18.3 Å². The van der Waals surface area contributed by atoms with Crippen LogP contribution in [0.5, 0.6) is 0 Å². The molecule has 4 aromatic rings. The Morgan fingerprint density at radius 3 is 2.62 bits per heavy atom. The Bertz CT molecular complexity index is 1410. The Morgan fingerprint density at radius 1 is 0.973 bits per heavy atom. The molecule has 0 spiro atoms. The van der Waals surface area contributed by atoms with E-state index in [0.29, 0.717) is 26.3 Å². The molecule has 0 unspecified atom stereocenters. The Kier molecular flexibility index (Phi) is 7.31. The van der Waals surface area contributed by atoms with Gasteiger partial charge >= 0.3 is 0 Å². The van der Waals surface area contributed by atoms with Crippen LogP contribution in [-0.2, 0) is 11.3 Å². The molecule has 1 aliphatic rings. The lowest BCUT2D eigenvalue weighted by Crippen LogP contribution is -2.37. The molecule has 0 radical (unpaired) electrons. The van der Waals surface area contributed by atoms with Crippen molar-refractivity contribution in [2.24, 2.45) is 10.2 Å². The molecule has 0 saturated carbocycles. The van der Waals surface area contributed by atoms with Crippen LogP contribution in [0.15, 0.2) is 65.3 Å². The van der Waals surface area contributed by atoms with E-state index in [9.17, 15) is 4.39 Å². The van der Waals surface area contributed by atoms with Crippen LogP contribution in [0.1, 0.15) is 17.0 Å². The van der Waals surface area contributed by atoms with Gasteiger partial charge in [0.05, 0.1) is 54.6 Å². The molecule has 1 fully saturated rings. The number of morpholine rings is 1. The number of hydrogen-bond donors (Lipinski definition) is 1. The van der Waals surface area contributed by atoms with Gasteiger partial charge < -0.3 is 15.0 Å². The van der Waals surface area contributed by atoms with Gasteiger partial charge in [0, 0.05) is 30.5 Å². The van der Waals surface area contributed by atoms with Gasteiger partial charge in [-0.1, -0.05) is 0 Å². The van der Waals surface area contributed by atoms with Crippen molar-refractivity contribution in [2.45, 2.75) is 20.4 Å². The average molecular weight is 500 g/mol. The SMILES string of the molecule is Cc1cc(Nc2ccc(CN=Nc3ncc(F)c(N4CCOCC4)n3)nc2)cc(-c2cncc(C)n2)c1. The van der Waals surface area contributed by atoms with Crippen molar-refractivity contribution in [1.82, 2.24) is 24.9 Å². The largest absolute Gasteiger partial charge is 0.378 e. The van der Waals surface area contributed by atoms with Crippen molar-refractivity contribution in [3.8, 4) is 11.3 Å². The first-order chi connectivity index (χ1) is 18.0. The Balaban J connectivity index is 1.23. The maximum Gasteiger partial charge on any atom is 0.270 e. The Hall–Kier alpha value is -4.38. The topological polar surface area (TPSA) is 114 Å². The smallest absolute Gasteiger partial charge is 0.270 e. The lowest BCUT2D eigenvalue weighted by atomic mass is 10.1. The van der Waals surface area contributed by atoms with Crippen LogP contribution in [0.4, 0.5) is 27.5 Å². The van der Waals surface area contributed by atoms with Gasteiger partial charge in [0.2, 0.25) is 0 Å². The number of rotatable bonds is 7. The molecular weight excluding hydrogens is 473 g/mol. The average Bonchev–Trinajstić information content (AvgIpc) is 2.91. The highest BCUT2D eigenvalue weighted by Gasteiger charge is 2.17. The fourth-order valence-corrected chi connectivity index (χ4v) is 3.93. The van der Waals surface area contributed by atoms with E-state index < -0.39 is 5.82 Å². The molecule has 0 aliphatic carbocycles. The van der Waals surface area contributed by atoms with Crippen LogP contribution in [0.2, 0.25) is 0 Å². The van der Waals surface area contributed by atoms with Gasteiger partial charge in [-0.2, -0.15) is 10.1 Å². The van der Waals surface area contributed by atoms with Crippen molar-refractivity contribution < 1.29 is 9.13 Å². The van der Waals surface area contributed by atoms with E-state index in [1.807, 2.05) is 36.9 Å². The van der Waals surface area contributed by atoms with Gasteiger partial charge in [0.1, 0.15) is 6.54 Å². The lowest BCUT2D eigenvalue weighted by molar-refractivity contribution is 0.122. The first-order valence-corrected chi connectivity index (χ1v) is 11.9. The highest BCUT2D eigenvalue weighted by molar-refractivity contribution is 5.69. The fourth-order valence-electron chi connectivity index (χ4n) is 3.93. The molecule has 10 nitrogen and oxygen atoms in total. The van der Waals surface area contributed by atoms with Gasteiger partial charge in [-0.3, -0.25) is 9.97 Å². The monoisotopic (exact) mass is 499 g/mol. The molecular formula is C26H26FN9O. The molecule has 0 bridgehead atoms. The number of aromatic nitrogens is 5. The molecule has 188 valence electrons. The van der Waals surface area contributed by atoms with E-state index in [0.717, 1.165) is 45.8 Å². The molecule has 1 aliphatic heterocycles. The third-order valence-corrected chi connectivity index (χ3v) is 5.66. The second kappa shape index (κ2) is 11.1. The third kappa shape index (κ3) is 6.25. The molecule has 1 aromatic carbocycles. The number of aryl methyl sites for hydroxylation is 2. The minimum atomic E-state index is -0.488. The summed E-state index contributed by atoms with van der Waals surface area (Å²) in [5, 5.41) is 11.6. The molecule has 5 rings (SSSR count). The summed E-state index contributed by atoms with van der Waals surface area (Å²) in [5.74, 6) is -0.164. The molecule has 4 heterocycles. The maximum atomic E-state index is 14.2. The number of pyridine rings is 1. The van der Waals surface area contributed by atoms with Crippen molar-refractivity contribution in [3.05, 3.63) is 77.9 Å². The first-order valence-electron chi connectivity index (χ1n) is 11.9. The number of benzene rings is 1. The van der Waals surface area contributed by atoms with Crippen LogP contribution in [-0.4, -0.2) is 51.2 Å². The number of halogens is 1. The van der Waals surface area contributed by atoms with Crippen LogP contribution in [0.25, 0.3) is 11.3 Å². The summed E-state index contributed by atoms with van der Waals surface area (Å²) in [5.41, 5.74) is 6.28. The molecule has 1 saturated heterocycles. The number of hydrogen-bond acceptors (Lipinski definition) is 10. The van der Waals surface area contributed by atoms with Gasteiger partial charge in [-0.05, 0) is 49.7 Å². The zero-order valence-corrected chi connectivity index (χ0v) is 20.6. The number of nitrogens with one attached hydrogen (secondary N) is 1. The third-order valence-electron chi connectivity index (χ3n) is 5.66. The van der Waals surface area contributed by atoms with E-state index in [4.69, 9.17) is 4.74 Å². The van der Waals surface area contributed by atoms with Gasteiger partial charge in [0.25, 0.3) is 5.95 Å². The molecule has 3 aromatic heterocycles. The number of azo groups is 1. The van der Waals surface area contributed by atoms with Gasteiger partial charge in [-0.25, -0.2) is 14.4 Å². The quantitative estimate of drug-likeness (QED) is 0.355. The number of nitrogens with zero attached hydrogens (tertiary/aromatic N) is 8. The van der Waals surface area contributed by atoms with Crippen LogP contribution < -0.4 is 10.2 Å². The molecule has 0 atom stereocenters. The van der Waals surface area contributed by atoms with Crippen LogP contribution in [0, 0.1) is 19.7 Å². The van der Waals surface area contributed by atoms with Crippen LogP contribution in [0.3, 0.4) is 0 Å². The zero-order chi connectivity index (χ0) is 25.6. The van der Waals surface area contributed by atoms with Gasteiger partial charge in [0.15, 0.2) is 11.6 Å². The molecule has 0 amide bonds. The van der Waals surface area contributed by atoms with Crippen molar-refractivity contribution in [3.63, 3.8) is 0 Å². The first kappa shape index (κ1) is 24.3. The normalized spacial score (nSPS) is 13.8. The van der Waals surface area contributed by atoms with Crippen molar-refractivity contribution in [2.75, 3.05) is 36.5 Å². The van der Waals surface area contributed by atoms with Crippen LogP contribution >= 0.6 is 0 Å². The minimum Gasteiger partial charge on any atom is -0.378 e. The van der Waals surface area contributed by atoms with E-state index in [1.165, 1.54) is 0 Å². The highest BCUT2D eigenvalue weighted by atomic mass is 19.1. The summed E-state index contributed by atoms with van der Waals surface area (Å²) < 4.78 is 19.5. The second-order valence-electron chi connectivity index (χ2n) is 8.64. The predicted molar refractivity (Wildman–Crippen MR) is 138 cm³/mol. The summed E-state index contributed by atoms with van der Waals surface area (Å²) in [7, 11) is 0. The van der Waals surface area contributed by atoms with E-state index in [1.54, 1.807) is 18.6 Å². The van der Waals surface area contributed by atoms with Crippen molar-refractivity contribution >= 4 is 23.1 Å². The fraction of sp³-hybridized carbons (Fsp3) is 0.269. The maximum absolute atomic E-state index is 14.2. The summed E-state index contributed by atoms with van der Waals surface area (Å²) in [4.78, 5) is 23.2. The number of ether oxygens (including phenoxy) is 1.